The summed E-state index contributed by atoms with van der Waals surface area (Å²) in [7, 11) is 0. The van der Waals surface area contributed by atoms with Crippen LogP contribution in [0.1, 0.15) is 58.3 Å². The van der Waals surface area contributed by atoms with Gasteiger partial charge in [-0.05, 0) is 68.9 Å². The second-order valence-electron chi connectivity index (χ2n) is 6.21. The smallest absolute Gasteiger partial charge is 0.0410 e. The molecule has 0 bridgehead atoms. The third-order valence-corrected chi connectivity index (χ3v) is 5.01. The van der Waals surface area contributed by atoms with Crippen LogP contribution in [0.2, 0.25) is 0 Å². The van der Waals surface area contributed by atoms with E-state index in [1.807, 2.05) is 0 Å². The van der Waals surface area contributed by atoms with Gasteiger partial charge < -0.3 is 4.99 Å². The summed E-state index contributed by atoms with van der Waals surface area (Å²) in [5.41, 5.74) is 0. The van der Waals surface area contributed by atoms with Crippen molar-refractivity contribution in [1.82, 2.24) is 0 Å². The summed E-state index contributed by atoms with van der Waals surface area (Å²) in [4.78, 5) is 4.06. The van der Waals surface area contributed by atoms with Gasteiger partial charge in [0.25, 0.3) is 0 Å². The van der Waals surface area contributed by atoms with E-state index in [2.05, 4.69) is 18.6 Å². The van der Waals surface area contributed by atoms with Gasteiger partial charge in [0.1, 0.15) is 0 Å². The van der Waals surface area contributed by atoms with Crippen molar-refractivity contribution in [3.8, 4) is 0 Å². The van der Waals surface area contributed by atoms with E-state index >= 15 is 0 Å². The third-order valence-electron chi connectivity index (χ3n) is 5.01. The summed E-state index contributed by atoms with van der Waals surface area (Å²) in [6, 6.07) is 0. The normalized spacial score (nSPS) is 40.6. The Bertz CT molecular complexity index is 207. The van der Waals surface area contributed by atoms with Crippen LogP contribution in [0, 0.1) is 23.7 Å². The molecule has 0 unspecified atom stereocenters. The predicted molar refractivity (Wildman–Crippen MR) is 71.0 cm³/mol. The van der Waals surface area contributed by atoms with Gasteiger partial charge in [-0.2, -0.15) is 0 Å². The molecule has 2 aliphatic carbocycles. The molecule has 0 aliphatic heterocycles. The zero-order valence-electron chi connectivity index (χ0n) is 10.8. The molecular formula is C15H27N. The molecule has 16 heavy (non-hydrogen) atoms. The van der Waals surface area contributed by atoms with Crippen LogP contribution in [-0.4, -0.2) is 13.3 Å². The van der Waals surface area contributed by atoms with Gasteiger partial charge >= 0.3 is 0 Å². The van der Waals surface area contributed by atoms with E-state index in [1.54, 1.807) is 0 Å². The minimum Gasteiger partial charge on any atom is -0.301 e. The van der Waals surface area contributed by atoms with E-state index in [4.69, 9.17) is 0 Å². The van der Waals surface area contributed by atoms with Gasteiger partial charge in [0.2, 0.25) is 0 Å². The highest BCUT2D eigenvalue weighted by Crippen LogP contribution is 2.41. The number of nitrogens with zero attached hydrogens (tertiary/aromatic N) is 1. The highest BCUT2D eigenvalue weighted by atomic mass is 14.7. The van der Waals surface area contributed by atoms with Crippen LogP contribution in [0.25, 0.3) is 0 Å². The molecule has 92 valence electrons. The number of aliphatic imine (C=N–C) groups is 1. The van der Waals surface area contributed by atoms with E-state index in [-0.39, 0.29) is 0 Å². The molecule has 0 atom stereocenters. The molecule has 0 radical (unpaired) electrons. The molecule has 0 amide bonds. The quantitative estimate of drug-likeness (QED) is 0.629. The van der Waals surface area contributed by atoms with E-state index in [9.17, 15) is 0 Å². The zero-order chi connectivity index (χ0) is 11.4. The van der Waals surface area contributed by atoms with Crippen LogP contribution < -0.4 is 0 Å². The van der Waals surface area contributed by atoms with Gasteiger partial charge in [-0.25, -0.2) is 0 Å². The maximum absolute atomic E-state index is 4.06. The van der Waals surface area contributed by atoms with Gasteiger partial charge in [0.05, 0.1) is 0 Å². The molecule has 2 aliphatic rings. The average molecular weight is 221 g/mol. The molecule has 1 nitrogen and oxygen atoms in total. The van der Waals surface area contributed by atoms with Gasteiger partial charge in [-0.3, -0.25) is 0 Å². The number of hydrogen-bond acceptors (Lipinski definition) is 1. The fourth-order valence-electron chi connectivity index (χ4n) is 3.78. The standard InChI is InChI=1S/C15H27N/c1-12-3-7-14(8-4-12)15-9-5-13(6-10-15)11-16-2/h12-15H,2-11H2,1H3. The van der Waals surface area contributed by atoms with Crippen molar-refractivity contribution in [3.05, 3.63) is 0 Å². The average Bonchev–Trinajstić information content (AvgIpc) is 2.32. The molecular weight excluding hydrogens is 194 g/mol. The van der Waals surface area contributed by atoms with Gasteiger partial charge in [0, 0.05) is 6.54 Å². The SMILES string of the molecule is C=NCC1CCC(C2CCC(C)CC2)CC1. The third kappa shape index (κ3) is 3.09. The first kappa shape index (κ1) is 12.1. The molecule has 2 saturated carbocycles. The highest BCUT2D eigenvalue weighted by molar-refractivity contribution is 5.23. The van der Waals surface area contributed by atoms with Crippen molar-refractivity contribution in [2.45, 2.75) is 58.3 Å². The Hall–Kier alpha value is -0.330. The molecule has 0 aromatic carbocycles. The minimum absolute atomic E-state index is 0.858. The van der Waals surface area contributed by atoms with Crippen molar-refractivity contribution >= 4 is 6.72 Å². The summed E-state index contributed by atoms with van der Waals surface area (Å²) < 4.78 is 0. The topological polar surface area (TPSA) is 12.4 Å². The van der Waals surface area contributed by atoms with Crippen LogP contribution in [-0.2, 0) is 0 Å². The maximum atomic E-state index is 4.06. The fourth-order valence-corrected chi connectivity index (χ4v) is 3.78. The molecule has 0 spiro atoms. The molecule has 1 heteroatoms. The van der Waals surface area contributed by atoms with Crippen LogP contribution in [0.15, 0.2) is 4.99 Å². The van der Waals surface area contributed by atoms with E-state index in [1.165, 1.54) is 51.4 Å². The Balaban J connectivity index is 1.74. The Kier molecular flexibility index (Phi) is 4.43. The molecule has 0 N–H and O–H groups in total. The molecule has 0 aromatic rings. The van der Waals surface area contributed by atoms with Crippen LogP contribution in [0.5, 0.6) is 0 Å². The van der Waals surface area contributed by atoms with Gasteiger partial charge in [-0.1, -0.05) is 19.8 Å². The lowest BCUT2D eigenvalue weighted by atomic mass is 9.69. The first-order chi connectivity index (χ1) is 7.79. The lowest BCUT2D eigenvalue weighted by molar-refractivity contribution is 0.152. The second kappa shape index (κ2) is 5.84. The minimum atomic E-state index is 0.858. The fraction of sp³-hybridized carbons (Fsp3) is 0.933. The maximum Gasteiger partial charge on any atom is 0.0410 e. The first-order valence-electron chi connectivity index (χ1n) is 7.22. The monoisotopic (exact) mass is 221 g/mol. The van der Waals surface area contributed by atoms with E-state index in [0.29, 0.717) is 0 Å². The number of hydrogen-bond donors (Lipinski definition) is 0. The number of rotatable bonds is 3. The van der Waals surface area contributed by atoms with Crippen molar-refractivity contribution in [3.63, 3.8) is 0 Å². The van der Waals surface area contributed by atoms with Crippen molar-refractivity contribution in [1.29, 1.82) is 0 Å². The van der Waals surface area contributed by atoms with Crippen LogP contribution in [0.4, 0.5) is 0 Å². The summed E-state index contributed by atoms with van der Waals surface area (Å²) in [6.45, 7) is 7.05. The molecule has 2 fully saturated rings. The predicted octanol–water partition coefficient (Wildman–Crippen LogP) is 4.32. The Labute approximate surface area is 101 Å². The lowest BCUT2D eigenvalue weighted by Gasteiger charge is -2.37. The van der Waals surface area contributed by atoms with Gasteiger partial charge in [-0.15, -0.1) is 0 Å². The zero-order valence-corrected chi connectivity index (χ0v) is 10.8. The second-order valence-corrected chi connectivity index (χ2v) is 6.21. The van der Waals surface area contributed by atoms with Crippen LogP contribution in [0.3, 0.4) is 0 Å². The summed E-state index contributed by atoms with van der Waals surface area (Å²) >= 11 is 0. The Morgan fingerprint density at radius 1 is 0.875 bits per heavy atom. The summed E-state index contributed by atoms with van der Waals surface area (Å²) in [6.07, 6.45) is 11.8. The van der Waals surface area contributed by atoms with Crippen molar-refractivity contribution < 1.29 is 0 Å². The summed E-state index contributed by atoms with van der Waals surface area (Å²) in [5.74, 6) is 3.97. The Morgan fingerprint density at radius 3 is 1.88 bits per heavy atom. The first-order valence-corrected chi connectivity index (χ1v) is 7.22. The summed E-state index contributed by atoms with van der Waals surface area (Å²) in [5, 5.41) is 0. The van der Waals surface area contributed by atoms with E-state index < -0.39 is 0 Å². The molecule has 0 heterocycles. The lowest BCUT2D eigenvalue weighted by Crippen LogP contribution is -2.26. The molecule has 0 saturated heterocycles. The largest absolute Gasteiger partial charge is 0.301 e. The van der Waals surface area contributed by atoms with Crippen molar-refractivity contribution in [2.24, 2.45) is 28.7 Å². The Morgan fingerprint density at radius 2 is 1.38 bits per heavy atom. The molecule has 2 rings (SSSR count). The van der Waals surface area contributed by atoms with Crippen molar-refractivity contribution in [2.75, 3.05) is 6.54 Å². The van der Waals surface area contributed by atoms with Crippen LogP contribution >= 0.6 is 0 Å². The molecule has 0 aromatic heterocycles. The highest BCUT2D eigenvalue weighted by Gasteiger charge is 2.29. The van der Waals surface area contributed by atoms with Gasteiger partial charge in [0.15, 0.2) is 0 Å². The van der Waals surface area contributed by atoms with E-state index in [0.717, 1.165) is 30.2 Å².